The van der Waals surface area contributed by atoms with E-state index in [-0.39, 0.29) is 5.97 Å². The van der Waals surface area contributed by atoms with Crippen LogP contribution >= 0.6 is 11.8 Å². The number of thioether (sulfide) groups is 1. The Morgan fingerprint density at radius 3 is 2.71 bits per heavy atom. The number of fused-ring (bicyclic) bond motifs is 1. The fraction of sp³-hybridized carbons (Fsp3) is 0.217. The molecule has 0 unspecified atom stereocenters. The minimum atomic E-state index is -0.389. The van der Waals surface area contributed by atoms with Crippen molar-refractivity contribution in [2.45, 2.75) is 31.4 Å². The highest BCUT2D eigenvalue weighted by atomic mass is 32.2. The molecule has 0 radical (unpaired) electrons. The minimum absolute atomic E-state index is 0.329. The molecule has 0 aliphatic rings. The van der Waals surface area contributed by atoms with Crippen molar-refractivity contribution in [1.82, 2.24) is 4.40 Å². The van der Waals surface area contributed by atoms with Gasteiger partial charge in [-0.3, -0.25) is 0 Å². The van der Waals surface area contributed by atoms with Crippen molar-refractivity contribution in [2.75, 3.05) is 6.61 Å². The number of benzene rings is 1. The van der Waals surface area contributed by atoms with E-state index in [2.05, 4.69) is 24.3 Å². The summed E-state index contributed by atoms with van der Waals surface area (Å²) in [4.78, 5) is 12.7. The Bertz CT molecular complexity index is 1080. The summed E-state index contributed by atoms with van der Waals surface area (Å²) >= 11 is 1.61. The number of hydrogen-bond acceptors (Lipinski definition) is 4. The van der Waals surface area contributed by atoms with Crippen molar-refractivity contribution < 1.29 is 9.53 Å². The molecule has 0 N–H and O–H groups in total. The Balaban J connectivity index is 2.13. The third kappa shape index (κ3) is 4.13. The van der Waals surface area contributed by atoms with Crippen LogP contribution in [0.15, 0.2) is 53.6 Å². The van der Waals surface area contributed by atoms with E-state index < -0.39 is 0 Å². The van der Waals surface area contributed by atoms with Gasteiger partial charge in [0.1, 0.15) is 6.07 Å². The van der Waals surface area contributed by atoms with Crippen LogP contribution in [0, 0.1) is 25.2 Å². The molecule has 0 saturated carbocycles. The van der Waals surface area contributed by atoms with E-state index in [0.29, 0.717) is 12.2 Å². The molecule has 5 heteroatoms. The van der Waals surface area contributed by atoms with Crippen LogP contribution in [-0.4, -0.2) is 17.0 Å². The molecular formula is C23H22N2O2S. The Morgan fingerprint density at radius 1 is 1.29 bits per heavy atom. The molecule has 0 saturated heterocycles. The third-order valence-corrected chi connectivity index (χ3v) is 5.53. The molecule has 0 atom stereocenters. The Kier molecular flexibility index (Phi) is 6.23. The van der Waals surface area contributed by atoms with Crippen LogP contribution in [0.1, 0.15) is 34.9 Å². The van der Waals surface area contributed by atoms with E-state index in [1.807, 2.05) is 42.6 Å². The Labute approximate surface area is 169 Å². The molecule has 0 fully saturated rings. The van der Waals surface area contributed by atoms with Gasteiger partial charge in [-0.1, -0.05) is 36.4 Å². The molecule has 4 nitrogen and oxygen atoms in total. The fourth-order valence-corrected chi connectivity index (χ4v) is 4.34. The molecule has 3 aromatic rings. The number of aryl methyl sites for hydroxylation is 2. The first-order valence-electron chi connectivity index (χ1n) is 9.12. The lowest BCUT2D eigenvalue weighted by Gasteiger charge is -2.05. The maximum absolute atomic E-state index is 11.9. The van der Waals surface area contributed by atoms with E-state index in [4.69, 9.17) is 4.74 Å². The van der Waals surface area contributed by atoms with Gasteiger partial charge in [0.15, 0.2) is 0 Å². The van der Waals surface area contributed by atoms with Crippen LogP contribution in [0.5, 0.6) is 0 Å². The smallest absolute Gasteiger partial charge is 0.330 e. The van der Waals surface area contributed by atoms with Gasteiger partial charge in [-0.05, 0) is 43.5 Å². The summed E-state index contributed by atoms with van der Waals surface area (Å²) < 4.78 is 7.02. The molecule has 0 bridgehead atoms. The zero-order valence-corrected chi connectivity index (χ0v) is 17.0. The number of carbonyl (C=O) groups excluding carboxylic acids is 1. The number of rotatable bonds is 6. The molecule has 0 aliphatic carbocycles. The number of carbonyl (C=O) groups is 1. The second-order valence-electron chi connectivity index (χ2n) is 6.48. The number of hydrogen-bond donors (Lipinski definition) is 0. The quantitative estimate of drug-likeness (QED) is 0.326. The molecule has 1 aromatic carbocycles. The predicted octanol–water partition coefficient (Wildman–Crippen LogP) is 5.30. The first-order valence-corrected chi connectivity index (χ1v) is 10.1. The number of pyridine rings is 1. The van der Waals surface area contributed by atoms with Gasteiger partial charge in [0, 0.05) is 18.0 Å². The molecule has 28 heavy (non-hydrogen) atoms. The van der Waals surface area contributed by atoms with E-state index >= 15 is 0 Å². The zero-order valence-electron chi connectivity index (χ0n) is 16.2. The van der Waals surface area contributed by atoms with Gasteiger partial charge in [-0.15, -0.1) is 11.8 Å². The maximum atomic E-state index is 11.9. The number of aromatic nitrogens is 1. The van der Waals surface area contributed by atoms with Gasteiger partial charge in [0.05, 0.1) is 28.3 Å². The lowest BCUT2D eigenvalue weighted by molar-refractivity contribution is -0.137. The average molecular weight is 391 g/mol. The van der Waals surface area contributed by atoms with Gasteiger partial charge in [0.2, 0.25) is 0 Å². The average Bonchev–Trinajstić information content (AvgIpc) is 2.98. The highest BCUT2D eigenvalue weighted by Crippen LogP contribution is 2.36. The molecule has 2 aromatic heterocycles. The topological polar surface area (TPSA) is 54.5 Å². The summed E-state index contributed by atoms with van der Waals surface area (Å²) in [5.41, 5.74) is 5.66. The van der Waals surface area contributed by atoms with Crippen molar-refractivity contribution in [2.24, 2.45) is 0 Å². The van der Waals surface area contributed by atoms with E-state index in [1.54, 1.807) is 24.8 Å². The normalized spacial score (nSPS) is 11.1. The lowest BCUT2D eigenvalue weighted by Crippen LogP contribution is -1.99. The van der Waals surface area contributed by atoms with Crippen molar-refractivity contribution in [3.63, 3.8) is 0 Å². The molecule has 142 valence electrons. The standard InChI is InChI=1S/C23H22N2O2S/c1-4-27-21(26)11-10-20-23(28-15-18-8-6-5-7-9-18)19(13-24)22-17(3)12-16(2)14-25(20)22/h5-12,14H,4,15H2,1-3H3/b11-10+. The Hall–Kier alpha value is -2.97. The molecule has 3 rings (SSSR count). The van der Waals surface area contributed by atoms with Gasteiger partial charge >= 0.3 is 5.97 Å². The molecule has 0 aliphatic heterocycles. The highest BCUT2D eigenvalue weighted by molar-refractivity contribution is 7.98. The van der Waals surface area contributed by atoms with Crippen LogP contribution < -0.4 is 0 Å². The predicted molar refractivity (Wildman–Crippen MR) is 113 cm³/mol. The van der Waals surface area contributed by atoms with Gasteiger partial charge in [0.25, 0.3) is 0 Å². The number of ether oxygens (including phenoxy) is 1. The van der Waals surface area contributed by atoms with E-state index in [1.165, 1.54) is 11.6 Å². The van der Waals surface area contributed by atoms with Crippen LogP contribution in [0.4, 0.5) is 0 Å². The second-order valence-corrected chi connectivity index (χ2v) is 7.47. The maximum Gasteiger partial charge on any atom is 0.330 e. The summed E-state index contributed by atoms with van der Waals surface area (Å²) in [6.07, 6.45) is 5.18. The molecule has 0 spiro atoms. The van der Waals surface area contributed by atoms with Crippen LogP contribution in [0.25, 0.3) is 11.6 Å². The van der Waals surface area contributed by atoms with Crippen molar-refractivity contribution >= 4 is 29.3 Å². The SMILES string of the molecule is CCOC(=O)/C=C/c1c(SCc2ccccc2)c(C#N)c2c(C)cc(C)cn12. The van der Waals surface area contributed by atoms with Gasteiger partial charge in [-0.25, -0.2) is 4.79 Å². The van der Waals surface area contributed by atoms with Gasteiger partial charge in [-0.2, -0.15) is 5.26 Å². The van der Waals surface area contributed by atoms with Crippen molar-refractivity contribution in [1.29, 1.82) is 5.26 Å². The van der Waals surface area contributed by atoms with Crippen LogP contribution in [-0.2, 0) is 15.3 Å². The van der Waals surface area contributed by atoms with Crippen LogP contribution in [0.2, 0.25) is 0 Å². The third-order valence-electron chi connectivity index (χ3n) is 4.35. The molecular weight excluding hydrogens is 368 g/mol. The first-order chi connectivity index (χ1) is 13.5. The van der Waals surface area contributed by atoms with Crippen LogP contribution in [0.3, 0.4) is 0 Å². The van der Waals surface area contributed by atoms with Crippen molar-refractivity contribution in [3.05, 3.63) is 76.6 Å². The summed E-state index contributed by atoms with van der Waals surface area (Å²) in [6, 6.07) is 14.6. The number of esters is 1. The number of nitriles is 1. The Morgan fingerprint density at radius 2 is 2.04 bits per heavy atom. The largest absolute Gasteiger partial charge is 0.463 e. The zero-order chi connectivity index (χ0) is 20.1. The molecule has 0 amide bonds. The summed E-state index contributed by atoms with van der Waals surface area (Å²) in [7, 11) is 0. The minimum Gasteiger partial charge on any atom is -0.463 e. The first kappa shape index (κ1) is 19.8. The fourth-order valence-electron chi connectivity index (χ4n) is 3.23. The summed E-state index contributed by atoms with van der Waals surface area (Å²) in [5, 5.41) is 9.89. The number of nitrogens with zero attached hydrogens (tertiary/aromatic N) is 2. The van der Waals surface area contributed by atoms with Crippen molar-refractivity contribution in [3.8, 4) is 6.07 Å². The summed E-state index contributed by atoms with van der Waals surface area (Å²) in [6.45, 7) is 6.14. The molecule has 2 heterocycles. The lowest BCUT2D eigenvalue weighted by atomic mass is 10.1. The highest BCUT2D eigenvalue weighted by Gasteiger charge is 2.19. The van der Waals surface area contributed by atoms with Gasteiger partial charge < -0.3 is 9.14 Å². The second kappa shape index (κ2) is 8.81. The summed E-state index contributed by atoms with van der Waals surface area (Å²) in [5.74, 6) is 0.351. The van der Waals surface area contributed by atoms with E-state index in [0.717, 1.165) is 33.0 Å². The van der Waals surface area contributed by atoms with E-state index in [9.17, 15) is 10.1 Å². The monoisotopic (exact) mass is 390 g/mol.